The van der Waals surface area contributed by atoms with E-state index in [4.69, 9.17) is 4.74 Å². The van der Waals surface area contributed by atoms with Gasteiger partial charge in [0.2, 0.25) is 5.91 Å². The van der Waals surface area contributed by atoms with Crippen LogP contribution in [0.3, 0.4) is 0 Å². The van der Waals surface area contributed by atoms with E-state index < -0.39 is 5.60 Å². The minimum atomic E-state index is -0.460. The second-order valence-electron chi connectivity index (χ2n) is 7.78. The maximum Gasteiger partial charge on any atom is 0.410 e. The lowest BCUT2D eigenvalue weighted by molar-refractivity contribution is -0.133. The van der Waals surface area contributed by atoms with E-state index in [0.717, 1.165) is 25.9 Å². The van der Waals surface area contributed by atoms with E-state index in [-0.39, 0.29) is 12.0 Å². The fourth-order valence-corrected chi connectivity index (χ4v) is 2.64. The van der Waals surface area contributed by atoms with E-state index >= 15 is 0 Å². The number of hydrogen-bond acceptors (Lipinski definition) is 3. The third kappa shape index (κ3) is 6.67. The van der Waals surface area contributed by atoms with Gasteiger partial charge in [0.1, 0.15) is 5.60 Å². The summed E-state index contributed by atoms with van der Waals surface area (Å²) in [5.74, 6) is 1.11. The Labute approximate surface area is 135 Å². The average molecular weight is 312 g/mol. The first-order valence-corrected chi connectivity index (χ1v) is 8.30. The van der Waals surface area contributed by atoms with Crippen LogP contribution in [0, 0.1) is 11.8 Å². The molecule has 1 aliphatic heterocycles. The largest absolute Gasteiger partial charge is 0.444 e. The van der Waals surface area contributed by atoms with Gasteiger partial charge in [-0.1, -0.05) is 13.8 Å². The fourth-order valence-electron chi connectivity index (χ4n) is 2.64. The summed E-state index contributed by atoms with van der Waals surface area (Å²) in [5.41, 5.74) is -0.460. The number of nitrogens with zero attached hydrogens (tertiary/aromatic N) is 2. The highest BCUT2D eigenvalue weighted by Gasteiger charge is 2.26. The van der Waals surface area contributed by atoms with Crippen LogP contribution in [0.4, 0.5) is 4.79 Å². The number of hydrogen-bond donors (Lipinski definition) is 0. The van der Waals surface area contributed by atoms with Crippen molar-refractivity contribution < 1.29 is 14.3 Å². The molecule has 5 nitrogen and oxygen atoms in total. The second kappa shape index (κ2) is 7.84. The number of carbonyl (C=O) groups excluding carboxylic acids is 2. The maximum atomic E-state index is 12.0. The molecule has 0 radical (unpaired) electrons. The Kier molecular flexibility index (Phi) is 6.69. The molecule has 0 unspecified atom stereocenters. The Morgan fingerprint density at radius 3 is 2.23 bits per heavy atom. The molecule has 128 valence electrons. The van der Waals surface area contributed by atoms with Crippen molar-refractivity contribution in [1.82, 2.24) is 9.80 Å². The van der Waals surface area contributed by atoms with Crippen molar-refractivity contribution in [2.45, 2.75) is 59.5 Å². The highest BCUT2D eigenvalue weighted by molar-refractivity contribution is 5.76. The molecule has 0 spiro atoms. The van der Waals surface area contributed by atoms with Crippen molar-refractivity contribution in [3.05, 3.63) is 0 Å². The standard InChI is InChI=1S/C17H32N2O3/c1-13(2)11-15(20)19-9-7-14(8-10-19)12-18(6)16(21)22-17(3,4)5/h13-14H,7-12H2,1-6H3. The van der Waals surface area contributed by atoms with Crippen LogP contribution in [0.2, 0.25) is 0 Å². The molecule has 2 amide bonds. The van der Waals surface area contributed by atoms with Gasteiger partial charge >= 0.3 is 6.09 Å². The van der Waals surface area contributed by atoms with Crippen LogP contribution in [0.1, 0.15) is 53.9 Å². The second-order valence-corrected chi connectivity index (χ2v) is 7.78. The molecule has 0 aromatic heterocycles. The molecule has 1 aliphatic rings. The molecular weight excluding hydrogens is 280 g/mol. The summed E-state index contributed by atoms with van der Waals surface area (Å²) < 4.78 is 5.37. The summed E-state index contributed by atoms with van der Waals surface area (Å²) in [6.07, 6.45) is 2.27. The molecule has 0 atom stereocenters. The number of ether oxygens (including phenoxy) is 1. The van der Waals surface area contributed by atoms with Crippen molar-refractivity contribution in [1.29, 1.82) is 0 Å². The first-order valence-electron chi connectivity index (χ1n) is 8.30. The van der Waals surface area contributed by atoms with E-state index in [1.54, 1.807) is 11.9 Å². The predicted octanol–water partition coefficient (Wildman–Crippen LogP) is 3.14. The Balaban J connectivity index is 2.36. The summed E-state index contributed by atoms with van der Waals surface area (Å²) in [7, 11) is 1.78. The Bertz CT molecular complexity index is 380. The molecular formula is C17H32N2O3. The zero-order chi connectivity index (χ0) is 16.9. The van der Waals surface area contributed by atoms with Crippen molar-refractivity contribution in [2.75, 3.05) is 26.7 Å². The number of carbonyl (C=O) groups is 2. The van der Waals surface area contributed by atoms with Gasteiger partial charge in [0.15, 0.2) is 0 Å². The SMILES string of the molecule is CC(C)CC(=O)N1CCC(CN(C)C(=O)OC(C)(C)C)CC1. The van der Waals surface area contributed by atoms with E-state index in [2.05, 4.69) is 13.8 Å². The molecule has 5 heteroatoms. The minimum absolute atomic E-state index is 0.258. The summed E-state index contributed by atoms with van der Waals surface area (Å²) >= 11 is 0. The van der Waals surface area contributed by atoms with Gasteiger partial charge in [0, 0.05) is 33.1 Å². The molecule has 0 bridgehead atoms. The van der Waals surface area contributed by atoms with Crippen LogP contribution in [0.15, 0.2) is 0 Å². The van der Waals surface area contributed by atoms with Gasteiger partial charge in [-0.05, 0) is 45.4 Å². The number of likely N-dealkylation sites (tertiary alicyclic amines) is 1. The van der Waals surface area contributed by atoms with Crippen LogP contribution < -0.4 is 0 Å². The summed E-state index contributed by atoms with van der Waals surface area (Å²) in [6, 6.07) is 0. The van der Waals surface area contributed by atoms with Crippen molar-refractivity contribution in [3.8, 4) is 0 Å². The van der Waals surface area contributed by atoms with Gasteiger partial charge in [0.25, 0.3) is 0 Å². The quantitative estimate of drug-likeness (QED) is 0.801. The molecule has 1 fully saturated rings. The molecule has 0 N–H and O–H groups in total. The molecule has 0 saturated carbocycles. The van der Waals surface area contributed by atoms with Crippen LogP contribution in [-0.2, 0) is 9.53 Å². The highest BCUT2D eigenvalue weighted by atomic mass is 16.6. The van der Waals surface area contributed by atoms with Crippen LogP contribution in [-0.4, -0.2) is 54.1 Å². The predicted molar refractivity (Wildman–Crippen MR) is 87.6 cm³/mol. The normalized spacial score (nSPS) is 16.8. The molecule has 0 aromatic rings. The van der Waals surface area contributed by atoms with Crippen molar-refractivity contribution in [2.24, 2.45) is 11.8 Å². The number of rotatable bonds is 4. The molecule has 0 aliphatic carbocycles. The smallest absolute Gasteiger partial charge is 0.410 e. The molecule has 0 aromatic carbocycles. The lowest BCUT2D eigenvalue weighted by Crippen LogP contribution is -2.43. The highest BCUT2D eigenvalue weighted by Crippen LogP contribution is 2.20. The van der Waals surface area contributed by atoms with Gasteiger partial charge in [-0.25, -0.2) is 4.79 Å². The number of amides is 2. The third-order valence-electron chi connectivity index (χ3n) is 3.79. The van der Waals surface area contributed by atoms with Crippen molar-refractivity contribution >= 4 is 12.0 Å². The van der Waals surface area contributed by atoms with E-state index in [9.17, 15) is 9.59 Å². The first kappa shape index (κ1) is 18.8. The first-order chi connectivity index (χ1) is 10.1. The van der Waals surface area contributed by atoms with Crippen LogP contribution >= 0.6 is 0 Å². The monoisotopic (exact) mass is 312 g/mol. The van der Waals surface area contributed by atoms with Gasteiger partial charge in [0.05, 0.1) is 0 Å². The Morgan fingerprint density at radius 2 is 1.77 bits per heavy atom. The summed E-state index contributed by atoms with van der Waals surface area (Å²) in [6.45, 7) is 12.1. The lowest BCUT2D eigenvalue weighted by atomic mass is 9.95. The number of piperidine rings is 1. The summed E-state index contributed by atoms with van der Waals surface area (Å²) in [4.78, 5) is 27.6. The van der Waals surface area contributed by atoms with Gasteiger partial charge in [-0.2, -0.15) is 0 Å². The zero-order valence-corrected chi connectivity index (χ0v) is 15.0. The molecule has 1 rings (SSSR count). The molecule has 22 heavy (non-hydrogen) atoms. The topological polar surface area (TPSA) is 49.9 Å². The van der Waals surface area contributed by atoms with E-state index in [1.807, 2.05) is 25.7 Å². The zero-order valence-electron chi connectivity index (χ0n) is 15.0. The fraction of sp³-hybridized carbons (Fsp3) is 0.882. The van der Waals surface area contributed by atoms with Crippen LogP contribution in [0.5, 0.6) is 0 Å². The third-order valence-corrected chi connectivity index (χ3v) is 3.79. The van der Waals surface area contributed by atoms with Crippen LogP contribution in [0.25, 0.3) is 0 Å². The van der Waals surface area contributed by atoms with Gasteiger partial charge in [-0.3, -0.25) is 4.79 Å². The summed E-state index contributed by atoms with van der Waals surface area (Å²) in [5, 5.41) is 0. The maximum absolute atomic E-state index is 12.0. The minimum Gasteiger partial charge on any atom is -0.444 e. The van der Waals surface area contributed by atoms with Gasteiger partial charge < -0.3 is 14.5 Å². The Morgan fingerprint density at radius 1 is 1.23 bits per heavy atom. The Hall–Kier alpha value is -1.26. The molecule has 1 saturated heterocycles. The average Bonchev–Trinajstić information content (AvgIpc) is 2.36. The van der Waals surface area contributed by atoms with E-state index in [1.165, 1.54) is 0 Å². The molecule has 1 heterocycles. The van der Waals surface area contributed by atoms with Crippen molar-refractivity contribution in [3.63, 3.8) is 0 Å². The van der Waals surface area contributed by atoms with Gasteiger partial charge in [-0.15, -0.1) is 0 Å². The van der Waals surface area contributed by atoms with E-state index in [0.29, 0.717) is 24.8 Å². The lowest BCUT2D eigenvalue weighted by Gasteiger charge is -2.34.